The van der Waals surface area contributed by atoms with Crippen LogP contribution in [0, 0.1) is 5.82 Å². The third kappa shape index (κ3) is 5.75. The van der Waals surface area contributed by atoms with Gasteiger partial charge < -0.3 is 20.8 Å². The van der Waals surface area contributed by atoms with E-state index in [0.717, 1.165) is 11.3 Å². The number of carbonyl (C=O) groups is 3. The van der Waals surface area contributed by atoms with E-state index in [4.69, 9.17) is 5.11 Å². The first-order chi connectivity index (χ1) is 17.8. The van der Waals surface area contributed by atoms with Crippen molar-refractivity contribution in [2.45, 2.75) is 19.4 Å². The molecule has 37 heavy (non-hydrogen) atoms. The number of aromatic nitrogens is 4. The maximum atomic E-state index is 15.7. The molecule has 14 heteroatoms. The molecular weight excluding hydrogens is 505 g/mol. The van der Waals surface area contributed by atoms with Crippen LogP contribution in [0.1, 0.15) is 13.3 Å². The average Bonchev–Trinajstić information content (AvgIpc) is 3.29. The lowest BCUT2D eigenvalue weighted by atomic mass is 10.0. The van der Waals surface area contributed by atoms with Crippen molar-refractivity contribution in [3.63, 3.8) is 0 Å². The lowest BCUT2D eigenvalue weighted by molar-refractivity contribution is -0.144. The topological polar surface area (TPSA) is 179 Å². The summed E-state index contributed by atoms with van der Waals surface area (Å²) in [6, 6.07) is 4.94. The Labute approximate surface area is 212 Å². The molecule has 5 N–H and O–H groups in total. The lowest BCUT2D eigenvalue weighted by Gasteiger charge is -2.13. The zero-order valence-corrected chi connectivity index (χ0v) is 20.0. The van der Waals surface area contributed by atoms with Crippen molar-refractivity contribution in [3.8, 4) is 22.4 Å². The van der Waals surface area contributed by atoms with Gasteiger partial charge in [-0.15, -0.1) is 0 Å². The summed E-state index contributed by atoms with van der Waals surface area (Å²) in [6.07, 6.45) is 3.47. The van der Waals surface area contributed by atoms with Crippen LogP contribution in [-0.2, 0) is 9.59 Å². The molecule has 0 fully saturated rings. The SMILES string of the molecule is CCNC(=O)Nc1nc2c(F)c(-c3cnc(NC(CC(=O)O)C(=O)O)nc3)cc(-c3ccccn3)c2s1. The van der Waals surface area contributed by atoms with Crippen LogP contribution in [0.5, 0.6) is 0 Å². The minimum absolute atomic E-state index is 0.0181. The number of thiazole rings is 1. The summed E-state index contributed by atoms with van der Waals surface area (Å²) in [5.74, 6) is -3.50. The standard InChI is InChI=1S/C23H20FN7O5S/c1-2-25-22(36)31-23-30-18-17(24)12(7-13(19(18)37-23)14-5-3-4-6-26-14)11-9-27-21(28-10-11)29-15(20(34)35)8-16(32)33/h3-7,9-10,15H,2,8H2,1H3,(H,32,33)(H,34,35)(H,27,28,29)(H2,25,30,31,36). The molecule has 3 heterocycles. The van der Waals surface area contributed by atoms with Crippen LogP contribution in [0.15, 0.2) is 42.9 Å². The van der Waals surface area contributed by atoms with Crippen molar-refractivity contribution in [2.75, 3.05) is 17.2 Å². The number of rotatable bonds is 9. The van der Waals surface area contributed by atoms with Crippen molar-refractivity contribution >= 4 is 50.6 Å². The Morgan fingerprint density at radius 2 is 1.86 bits per heavy atom. The molecule has 0 radical (unpaired) electrons. The molecule has 3 aromatic heterocycles. The van der Waals surface area contributed by atoms with Gasteiger partial charge in [0, 0.05) is 41.8 Å². The molecule has 12 nitrogen and oxygen atoms in total. The molecule has 4 aromatic rings. The Morgan fingerprint density at radius 1 is 1.11 bits per heavy atom. The lowest BCUT2D eigenvalue weighted by Crippen LogP contribution is -2.32. The number of nitrogens with one attached hydrogen (secondary N) is 3. The van der Waals surface area contributed by atoms with Crippen LogP contribution in [0.4, 0.5) is 20.3 Å². The summed E-state index contributed by atoms with van der Waals surface area (Å²) in [5, 5.41) is 25.9. The summed E-state index contributed by atoms with van der Waals surface area (Å²) < 4.78 is 16.2. The number of carbonyl (C=O) groups excluding carboxylic acids is 1. The monoisotopic (exact) mass is 525 g/mol. The van der Waals surface area contributed by atoms with Crippen LogP contribution < -0.4 is 16.0 Å². The maximum Gasteiger partial charge on any atom is 0.326 e. The fourth-order valence-electron chi connectivity index (χ4n) is 3.40. The normalized spacial score (nSPS) is 11.6. The van der Waals surface area contributed by atoms with Crippen molar-refractivity contribution < 1.29 is 29.0 Å². The molecule has 0 aliphatic carbocycles. The highest BCUT2D eigenvalue weighted by Gasteiger charge is 2.23. The Hall–Kier alpha value is -4.72. The van der Waals surface area contributed by atoms with Gasteiger partial charge in [-0.25, -0.2) is 28.9 Å². The summed E-state index contributed by atoms with van der Waals surface area (Å²) >= 11 is 1.10. The molecule has 0 saturated heterocycles. The summed E-state index contributed by atoms with van der Waals surface area (Å²) in [7, 11) is 0. The Kier molecular flexibility index (Phi) is 7.48. The molecule has 0 aliphatic rings. The number of urea groups is 1. The number of hydrogen-bond donors (Lipinski definition) is 5. The van der Waals surface area contributed by atoms with Gasteiger partial charge >= 0.3 is 18.0 Å². The highest BCUT2D eigenvalue weighted by molar-refractivity contribution is 7.22. The van der Waals surface area contributed by atoms with Crippen LogP contribution in [-0.4, -0.2) is 60.7 Å². The molecule has 0 bridgehead atoms. The van der Waals surface area contributed by atoms with Gasteiger partial charge in [-0.2, -0.15) is 0 Å². The van der Waals surface area contributed by atoms with Crippen LogP contribution in [0.2, 0.25) is 0 Å². The molecule has 190 valence electrons. The fraction of sp³-hybridized carbons (Fsp3) is 0.174. The highest BCUT2D eigenvalue weighted by Crippen LogP contribution is 2.40. The van der Waals surface area contributed by atoms with E-state index in [0.29, 0.717) is 22.5 Å². The summed E-state index contributed by atoms with van der Waals surface area (Å²) in [6.45, 7) is 2.17. The number of nitrogens with zero attached hydrogens (tertiary/aromatic N) is 4. The number of aliphatic carboxylic acids is 2. The Balaban J connectivity index is 1.75. The second-order valence-corrected chi connectivity index (χ2v) is 8.61. The third-order valence-corrected chi connectivity index (χ3v) is 6.05. The van der Waals surface area contributed by atoms with Crippen LogP contribution in [0.3, 0.4) is 0 Å². The number of fused-ring (bicyclic) bond motifs is 1. The minimum atomic E-state index is -1.45. The average molecular weight is 526 g/mol. The van der Waals surface area contributed by atoms with Crippen LogP contribution in [0.25, 0.3) is 32.6 Å². The number of anilines is 2. The number of halogens is 1. The van der Waals surface area contributed by atoms with E-state index in [1.54, 1.807) is 37.4 Å². The minimum Gasteiger partial charge on any atom is -0.481 e. The van der Waals surface area contributed by atoms with E-state index >= 15 is 4.39 Å². The molecule has 1 atom stereocenters. The Bertz CT molecular complexity index is 1460. The largest absolute Gasteiger partial charge is 0.481 e. The van der Waals surface area contributed by atoms with Crippen molar-refractivity contribution in [2.24, 2.45) is 0 Å². The molecule has 0 spiro atoms. The predicted octanol–water partition coefficient (Wildman–Crippen LogP) is 3.44. The van der Waals surface area contributed by atoms with Gasteiger partial charge in [-0.3, -0.25) is 15.1 Å². The summed E-state index contributed by atoms with van der Waals surface area (Å²) in [5.41, 5.74) is 1.51. The summed E-state index contributed by atoms with van der Waals surface area (Å²) in [4.78, 5) is 50.9. The second kappa shape index (κ2) is 10.9. The van der Waals surface area contributed by atoms with Crippen molar-refractivity contribution in [3.05, 3.63) is 48.7 Å². The third-order valence-electron chi connectivity index (χ3n) is 5.05. The highest BCUT2D eigenvalue weighted by atomic mass is 32.1. The van der Waals surface area contributed by atoms with Gasteiger partial charge in [0.15, 0.2) is 10.9 Å². The van der Waals surface area contributed by atoms with Crippen molar-refractivity contribution in [1.82, 2.24) is 25.3 Å². The molecular formula is C23H20FN7O5S. The van der Waals surface area contributed by atoms with E-state index in [9.17, 15) is 19.5 Å². The van der Waals surface area contributed by atoms with Gasteiger partial charge in [0.05, 0.1) is 16.8 Å². The molecule has 2 amide bonds. The maximum absolute atomic E-state index is 15.7. The van der Waals surface area contributed by atoms with Gasteiger partial charge in [-0.05, 0) is 25.1 Å². The number of pyridine rings is 1. The Morgan fingerprint density at radius 3 is 2.49 bits per heavy atom. The molecule has 1 aromatic carbocycles. The fourth-order valence-corrected chi connectivity index (χ4v) is 4.38. The number of benzene rings is 1. The van der Waals surface area contributed by atoms with Crippen LogP contribution >= 0.6 is 11.3 Å². The zero-order chi connectivity index (χ0) is 26.5. The van der Waals surface area contributed by atoms with Gasteiger partial charge in [0.2, 0.25) is 5.95 Å². The number of amides is 2. The van der Waals surface area contributed by atoms with Gasteiger partial charge in [0.1, 0.15) is 11.6 Å². The molecule has 0 saturated carbocycles. The second-order valence-electron chi connectivity index (χ2n) is 7.61. The first-order valence-corrected chi connectivity index (χ1v) is 11.7. The van der Waals surface area contributed by atoms with E-state index in [2.05, 4.69) is 35.9 Å². The molecule has 1 unspecified atom stereocenters. The van der Waals surface area contributed by atoms with Crippen molar-refractivity contribution in [1.29, 1.82) is 0 Å². The smallest absolute Gasteiger partial charge is 0.326 e. The first kappa shape index (κ1) is 25.4. The first-order valence-electron chi connectivity index (χ1n) is 10.9. The van der Waals surface area contributed by atoms with E-state index < -0.39 is 36.2 Å². The molecule has 0 aliphatic heterocycles. The predicted molar refractivity (Wildman–Crippen MR) is 134 cm³/mol. The number of carboxylic acid groups (broad SMARTS) is 2. The van der Waals surface area contributed by atoms with E-state index in [1.165, 1.54) is 12.4 Å². The van der Waals surface area contributed by atoms with E-state index in [1.807, 2.05) is 0 Å². The molecule has 4 rings (SSSR count). The quantitative estimate of drug-likeness (QED) is 0.217. The number of hydrogen-bond acceptors (Lipinski definition) is 9. The number of carboxylic acids is 2. The van der Waals surface area contributed by atoms with Gasteiger partial charge in [0.25, 0.3) is 0 Å². The van der Waals surface area contributed by atoms with E-state index in [-0.39, 0.29) is 27.7 Å². The zero-order valence-electron chi connectivity index (χ0n) is 19.2. The van der Waals surface area contributed by atoms with Gasteiger partial charge in [-0.1, -0.05) is 17.4 Å².